The first-order valence-corrected chi connectivity index (χ1v) is 9.64. The second-order valence-electron chi connectivity index (χ2n) is 7.68. The van der Waals surface area contributed by atoms with Crippen LogP contribution in [-0.2, 0) is 11.3 Å². The maximum atomic E-state index is 5.90. The number of quaternary nitrogens is 2. The van der Waals surface area contributed by atoms with Gasteiger partial charge < -0.3 is 24.0 Å². The molecule has 0 amide bonds. The quantitative estimate of drug-likeness (QED) is 0.781. The Hall–Kier alpha value is -1.30. The molecule has 2 aliphatic rings. The number of hydrogen-bond acceptors (Lipinski definition) is 3. The molecule has 25 heavy (non-hydrogen) atoms. The zero-order chi connectivity index (χ0) is 17.8. The number of nitrogens with one attached hydrogen (secondary N) is 2. The summed E-state index contributed by atoms with van der Waals surface area (Å²) < 4.78 is 16.9. The van der Waals surface area contributed by atoms with Crippen LogP contribution in [0, 0.1) is 0 Å². The van der Waals surface area contributed by atoms with Crippen LogP contribution in [0.2, 0.25) is 0 Å². The lowest BCUT2D eigenvalue weighted by molar-refractivity contribution is -0.970. The van der Waals surface area contributed by atoms with Crippen molar-refractivity contribution in [1.29, 1.82) is 0 Å². The maximum absolute atomic E-state index is 5.90. The molecule has 5 heteroatoms. The zero-order valence-electron chi connectivity index (χ0n) is 16.1. The fourth-order valence-corrected chi connectivity index (χ4v) is 4.62. The van der Waals surface area contributed by atoms with Gasteiger partial charge in [-0.1, -0.05) is 6.07 Å². The van der Waals surface area contributed by atoms with Crippen LogP contribution in [0.1, 0.15) is 32.3 Å². The summed E-state index contributed by atoms with van der Waals surface area (Å²) in [6.45, 7) is 10.2. The van der Waals surface area contributed by atoms with Crippen LogP contribution >= 0.6 is 0 Å². The van der Waals surface area contributed by atoms with Gasteiger partial charge in [0.1, 0.15) is 31.8 Å². The third-order valence-electron chi connectivity index (χ3n) is 5.76. The molecule has 3 rings (SSSR count). The first-order valence-electron chi connectivity index (χ1n) is 9.64. The lowest BCUT2D eigenvalue weighted by Gasteiger charge is -2.39. The average Bonchev–Trinajstić information content (AvgIpc) is 2.61. The van der Waals surface area contributed by atoms with Crippen molar-refractivity contribution in [2.24, 2.45) is 0 Å². The first kappa shape index (κ1) is 18.5. The predicted octanol–water partition coefficient (Wildman–Crippen LogP) is -0.0568. The summed E-state index contributed by atoms with van der Waals surface area (Å²) in [7, 11) is 3.43. The Balaban J connectivity index is 1.56. The predicted molar refractivity (Wildman–Crippen MR) is 97.7 cm³/mol. The van der Waals surface area contributed by atoms with Crippen molar-refractivity contribution >= 4 is 0 Å². The van der Waals surface area contributed by atoms with Crippen LogP contribution in [0.4, 0.5) is 0 Å². The van der Waals surface area contributed by atoms with Crippen LogP contribution < -0.4 is 19.3 Å². The van der Waals surface area contributed by atoms with Crippen LogP contribution in [-0.4, -0.2) is 58.6 Å². The van der Waals surface area contributed by atoms with Crippen LogP contribution in [0.15, 0.2) is 18.2 Å². The highest BCUT2D eigenvalue weighted by molar-refractivity contribution is 5.46. The lowest BCUT2D eigenvalue weighted by atomic mass is 10.0. The van der Waals surface area contributed by atoms with E-state index in [1.807, 2.05) is 6.07 Å². The van der Waals surface area contributed by atoms with Gasteiger partial charge in [-0.2, -0.15) is 0 Å². The van der Waals surface area contributed by atoms with E-state index in [2.05, 4.69) is 26.0 Å². The Bertz CT molecular complexity index is 548. The molecule has 0 aliphatic carbocycles. The minimum atomic E-state index is 0.394. The second-order valence-corrected chi connectivity index (χ2v) is 7.68. The third kappa shape index (κ3) is 4.46. The highest BCUT2D eigenvalue weighted by Crippen LogP contribution is 2.30. The number of piperidine rings is 1. The van der Waals surface area contributed by atoms with Crippen LogP contribution in [0.25, 0.3) is 0 Å². The van der Waals surface area contributed by atoms with Crippen molar-refractivity contribution in [3.63, 3.8) is 0 Å². The molecule has 2 heterocycles. The third-order valence-corrected chi connectivity index (χ3v) is 5.76. The van der Waals surface area contributed by atoms with Crippen molar-refractivity contribution in [2.75, 3.05) is 40.4 Å². The molecule has 0 saturated carbocycles. The van der Waals surface area contributed by atoms with Gasteiger partial charge in [0, 0.05) is 12.8 Å². The van der Waals surface area contributed by atoms with Gasteiger partial charge in [-0.25, -0.2) is 0 Å². The standard InChI is InChI=1S/C20H32N2O3/c1-15-12-22(13-16(2)25-15)18-8-10-21(11-9-18)14-17-6-5-7-19(23-3)20(17)24-4/h5-7,15-16,18H,8-14H2,1-4H3/p+2. The van der Waals surface area contributed by atoms with E-state index < -0.39 is 0 Å². The highest BCUT2D eigenvalue weighted by atomic mass is 16.5. The number of ether oxygens (including phenoxy) is 3. The molecule has 2 N–H and O–H groups in total. The first-order chi connectivity index (χ1) is 12.1. The highest BCUT2D eigenvalue weighted by Gasteiger charge is 2.35. The fraction of sp³-hybridized carbons (Fsp3) is 0.700. The Kier molecular flexibility index (Phi) is 6.20. The van der Waals surface area contributed by atoms with Gasteiger partial charge in [-0.3, -0.25) is 0 Å². The van der Waals surface area contributed by atoms with Gasteiger partial charge in [0.15, 0.2) is 11.5 Å². The molecule has 1 aromatic carbocycles. The topological polar surface area (TPSA) is 36.6 Å². The van der Waals surface area contributed by atoms with Gasteiger partial charge in [-0.05, 0) is 26.0 Å². The molecule has 0 bridgehead atoms. The van der Waals surface area contributed by atoms with Crippen LogP contribution in [0.3, 0.4) is 0 Å². The summed E-state index contributed by atoms with van der Waals surface area (Å²) in [4.78, 5) is 3.40. The van der Waals surface area contributed by atoms with Gasteiger partial charge >= 0.3 is 0 Å². The second kappa shape index (κ2) is 8.39. The summed E-state index contributed by atoms with van der Waals surface area (Å²) in [5.74, 6) is 1.72. The molecule has 2 atom stereocenters. The van der Waals surface area contributed by atoms with Crippen LogP contribution in [0.5, 0.6) is 11.5 Å². The molecule has 2 aliphatic heterocycles. The van der Waals surface area contributed by atoms with E-state index in [4.69, 9.17) is 14.2 Å². The molecule has 2 fully saturated rings. The molecule has 0 radical (unpaired) electrons. The summed E-state index contributed by atoms with van der Waals surface area (Å²) in [5, 5.41) is 0. The number of likely N-dealkylation sites (tertiary alicyclic amines) is 1. The van der Waals surface area contributed by atoms with Gasteiger partial charge in [0.05, 0.1) is 38.9 Å². The molecular weight excluding hydrogens is 316 g/mol. The van der Waals surface area contributed by atoms with Crippen molar-refractivity contribution < 1.29 is 24.0 Å². The van der Waals surface area contributed by atoms with E-state index in [1.54, 1.807) is 24.0 Å². The van der Waals surface area contributed by atoms with E-state index in [0.717, 1.165) is 37.2 Å². The maximum Gasteiger partial charge on any atom is 0.169 e. The number of hydrogen-bond donors (Lipinski definition) is 2. The number of rotatable bonds is 5. The molecule has 0 spiro atoms. The minimum Gasteiger partial charge on any atom is -0.493 e. The summed E-state index contributed by atoms with van der Waals surface area (Å²) in [6.07, 6.45) is 3.39. The molecule has 1 aromatic rings. The molecule has 5 nitrogen and oxygen atoms in total. The lowest BCUT2D eigenvalue weighted by Crippen LogP contribution is -3.22. The SMILES string of the molecule is COc1cccc(C[NH+]2CCC([NH+]3CC(C)OC(C)C3)CC2)c1OC. The monoisotopic (exact) mass is 350 g/mol. The van der Waals surface area contributed by atoms with E-state index in [0.29, 0.717) is 12.2 Å². The smallest absolute Gasteiger partial charge is 0.169 e. The van der Waals surface area contributed by atoms with Crippen molar-refractivity contribution in [3.05, 3.63) is 23.8 Å². The summed E-state index contributed by atoms with van der Waals surface area (Å²) >= 11 is 0. The molecule has 2 unspecified atom stereocenters. The number of morpholine rings is 1. The number of methoxy groups -OCH3 is 2. The van der Waals surface area contributed by atoms with Crippen molar-refractivity contribution in [1.82, 2.24) is 0 Å². The number of para-hydroxylation sites is 1. The van der Waals surface area contributed by atoms with E-state index in [9.17, 15) is 0 Å². The fourth-order valence-electron chi connectivity index (χ4n) is 4.62. The Labute approximate surface area is 151 Å². The molecule has 0 aromatic heterocycles. The van der Waals surface area contributed by atoms with Crippen molar-refractivity contribution in [3.8, 4) is 11.5 Å². The Morgan fingerprint density at radius 1 is 1.04 bits per heavy atom. The molecule has 2 saturated heterocycles. The molecular formula is C20H34N2O3+2. The van der Waals surface area contributed by atoms with Gasteiger partial charge in [0.2, 0.25) is 0 Å². The van der Waals surface area contributed by atoms with E-state index in [-0.39, 0.29) is 0 Å². The van der Waals surface area contributed by atoms with E-state index in [1.165, 1.54) is 31.5 Å². The summed E-state index contributed by atoms with van der Waals surface area (Å²) in [5.41, 5.74) is 1.25. The average molecular weight is 351 g/mol. The van der Waals surface area contributed by atoms with E-state index >= 15 is 0 Å². The minimum absolute atomic E-state index is 0.394. The normalized spacial score (nSPS) is 33.0. The van der Waals surface area contributed by atoms with Gasteiger partial charge in [-0.15, -0.1) is 0 Å². The Morgan fingerprint density at radius 3 is 2.32 bits per heavy atom. The van der Waals surface area contributed by atoms with Crippen molar-refractivity contribution in [2.45, 2.75) is 51.5 Å². The van der Waals surface area contributed by atoms with Gasteiger partial charge in [0.25, 0.3) is 0 Å². The largest absolute Gasteiger partial charge is 0.493 e. The number of benzene rings is 1. The molecule has 140 valence electrons. The Morgan fingerprint density at radius 2 is 1.72 bits per heavy atom. The zero-order valence-corrected chi connectivity index (χ0v) is 16.1. The summed E-state index contributed by atoms with van der Waals surface area (Å²) in [6, 6.07) is 6.99.